The number of nitrogens with zero attached hydrogens (tertiary/aromatic N) is 7. The van der Waals surface area contributed by atoms with Crippen LogP contribution in [0.25, 0.3) is 10.9 Å². The second-order valence-electron chi connectivity index (χ2n) is 9.72. The summed E-state index contributed by atoms with van der Waals surface area (Å²) in [6, 6.07) is 10.0. The molecule has 2 saturated heterocycles. The summed E-state index contributed by atoms with van der Waals surface area (Å²) in [5.74, 6) is 1.96. The SMILES string of the molecule is CCN1CCN(c2nc(C)cc(N3CCN(CCCNc4ccnc5cc(Cl)ccc45)CC3)n2)CC1. The lowest BCUT2D eigenvalue weighted by Crippen LogP contribution is -2.48. The molecule has 1 N–H and O–H groups in total. The number of piperazine rings is 2. The predicted octanol–water partition coefficient (Wildman–Crippen LogP) is 3.75. The Labute approximate surface area is 219 Å². The number of fused-ring (bicyclic) bond motifs is 1. The molecular weight excluding hydrogens is 472 g/mol. The van der Waals surface area contributed by atoms with Gasteiger partial charge in [0.25, 0.3) is 0 Å². The molecule has 0 unspecified atom stereocenters. The zero-order valence-corrected chi connectivity index (χ0v) is 22.2. The molecule has 8 nitrogen and oxygen atoms in total. The van der Waals surface area contributed by atoms with Gasteiger partial charge in [0.2, 0.25) is 5.95 Å². The summed E-state index contributed by atoms with van der Waals surface area (Å²) in [7, 11) is 0. The van der Waals surface area contributed by atoms with Crippen LogP contribution in [0, 0.1) is 6.92 Å². The first-order valence-corrected chi connectivity index (χ1v) is 13.6. The molecular formula is C27H37ClN8. The van der Waals surface area contributed by atoms with Gasteiger partial charge in [-0.2, -0.15) is 4.98 Å². The van der Waals surface area contributed by atoms with E-state index in [9.17, 15) is 0 Å². The number of aryl methyl sites for hydroxylation is 1. The van der Waals surface area contributed by atoms with Gasteiger partial charge >= 0.3 is 0 Å². The van der Waals surface area contributed by atoms with Crippen LogP contribution >= 0.6 is 11.6 Å². The van der Waals surface area contributed by atoms with Gasteiger partial charge in [-0.25, -0.2) is 4.98 Å². The quantitative estimate of drug-likeness (QED) is 0.461. The smallest absolute Gasteiger partial charge is 0.227 e. The molecule has 0 amide bonds. The number of nitrogens with one attached hydrogen (secondary N) is 1. The first-order chi connectivity index (χ1) is 17.6. The summed E-state index contributed by atoms with van der Waals surface area (Å²) in [5.41, 5.74) is 3.09. The van der Waals surface area contributed by atoms with E-state index in [4.69, 9.17) is 21.6 Å². The number of benzene rings is 1. The van der Waals surface area contributed by atoms with Gasteiger partial charge in [-0.15, -0.1) is 0 Å². The number of hydrogen-bond donors (Lipinski definition) is 1. The van der Waals surface area contributed by atoms with Gasteiger partial charge in [0.05, 0.1) is 5.52 Å². The molecule has 4 heterocycles. The van der Waals surface area contributed by atoms with Crippen LogP contribution in [0.1, 0.15) is 19.0 Å². The van der Waals surface area contributed by atoms with Crippen molar-refractivity contribution in [3.05, 3.63) is 47.2 Å². The van der Waals surface area contributed by atoms with Crippen LogP contribution in [0.3, 0.4) is 0 Å². The van der Waals surface area contributed by atoms with Gasteiger partial charge in [-0.05, 0) is 50.7 Å². The van der Waals surface area contributed by atoms with Crippen LogP contribution in [0.2, 0.25) is 5.02 Å². The van der Waals surface area contributed by atoms with Crippen molar-refractivity contribution in [3.63, 3.8) is 0 Å². The highest BCUT2D eigenvalue weighted by molar-refractivity contribution is 6.31. The van der Waals surface area contributed by atoms with Crippen LogP contribution in [0.5, 0.6) is 0 Å². The van der Waals surface area contributed by atoms with Gasteiger partial charge in [-0.3, -0.25) is 9.88 Å². The summed E-state index contributed by atoms with van der Waals surface area (Å²) in [4.78, 5) is 24.0. The van der Waals surface area contributed by atoms with Crippen LogP contribution < -0.4 is 15.1 Å². The lowest BCUT2D eigenvalue weighted by atomic mass is 10.2. The molecule has 0 atom stereocenters. The summed E-state index contributed by atoms with van der Waals surface area (Å²) in [5, 5.41) is 5.42. The number of hydrogen-bond acceptors (Lipinski definition) is 8. The Balaban J connectivity index is 1.09. The van der Waals surface area contributed by atoms with Crippen LogP contribution in [0.4, 0.5) is 17.5 Å². The average Bonchev–Trinajstić information content (AvgIpc) is 2.91. The number of rotatable bonds is 8. The van der Waals surface area contributed by atoms with E-state index in [-0.39, 0.29) is 0 Å². The maximum absolute atomic E-state index is 6.11. The number of halogens is 1. The Hall–Kier alpha value is -2.68. The second kappa shape index (κ2) is 11.6. The zero-order chi connectivity index (χ0) is 24.9. The monoisotopic (exact) mass is 508 g/mol. The average molecular weight is 509 g/mol. The van der Waals surface area contributed by atoms with E-state index in [0.29, 0.717) is 0 Å². The van der Waals surface area contributed by atoms with Crippen molar-refractivity contribution in [3.8, 4) is 0 Å². The van der Waals surface area contributed by atoms with Crippen molar-refractivity contribution in [1.82, 2.24) is 24.8 Å². The molecule has 0 bridgehead atoms. The number of aromatic nitrogens is 3. The fourth-order valence-electron chi connectivity index (χ4n) is 5.11. The highest BCUT2D eigenvalue weighted by Crippen LogP contribution is 2.24. The Morgan fingerprint density at radius 1 is 0.889 bits per heavy atom. The molecule has 2 aliphatic heterocycles. The van der Waals surface area contributed by atoms with Crippen molar-refractivity contribution in [2.45, 2.75) is 20.3 Å². The van der Waals surface area contributed by atoms with Crippen LogP contribution in [-0.2, 0) is 0 Å². The summed E-state index contributed by atoms with van der Waals surface area (Å²) in [6.07, 6.45) is 2.93. The normalized spacial score (nSPS) is 17.6. The van der Waals surface area contributed by atoms with E-state index in [0.717, 1.165) is 117 Å². The van der Waals surface area contributed by atoms with Gasteiger partial charge in [0.15, 0.2) is 0 Å². The lowest BCUT2D eigenvalue weighted by Gasteiger charge is -2.37. The van der Waals surface area contributed by atoms with Crippen molar-refractivity contribution in [1.29, 1.82) is 0 Å². The third-order valence-corrected chi connectivity index (χ3v) is 7.53. The fraction of sp³-hybridized carbons (Fsp3) is 0.519. The Bertz CT molecular complexity index is 1160. The molecule has 2 aliphatic rings. The molecule has 36 heavy (non-hydrogen) atoms. The van der Waals surface area contributed by atoms with E-state index < -0.39 is 0 Å². The van der Waals surface area contributed by atoms with Crippen molar-refractivity contribution in [2.75, 3.05) is 87.1 Å². The van der Waals surface area contributed by atoms with Gasteiger partial charge in [-0.1, -0.05) is 18.5 Å². The van der Waals surface area contributed by atoms with Gasteiger partial charge in [0.1, 0.15) is 5.82 Å². The minimum atomic E-state index is 0.717. The molecule has 0 spiro atoms. The Kier molecular flexibility index (Phi) is 8.04. The summed E-state index contributed by atoms with van der Waals surface area (Å²) >= 11 is 6.11. The molecule has 5 rings (SSSR count). The molecule has 192 valence electrons. The molecule has 3 aromatic rings. The third kappa shape index (κ3) is 5.99. The van der Waals surface area contributed by atoms with E-state index in [2.05, 4.69) is 49.8 Å². The number of pyridine rings is 1. The molecule has 1 aromatic carbocycles. The maximum atomic E-state index is 6.11. The third-order valence-electron chi connectivity index (χ3n) is 7.30. The van der Waals surface area contributed by atoms with Crippen molar-refractivity contribution in [2.24, 2.45) is 0 Å². The Morgan fingerprint density at radius 3 is 2.42 bits per heavy atom. The predicted molar refractivity (Wildman–Crippen MR) is 150 cm³/mol. The standard InChI is InChI=1S/C27H37ClN8/c1-3-33-11-17-36(18-12-33)27-31-21(2)19-26(32-27)35-15-13-34(14-16-35)10-4-8-29-24-7-9-30-25-20-22(28)5-6-23(24)25/h5-7,9,19-20H,3-4,8,10-18H2,1-2H3,(H,29,30). The van der Waals surface area contributed by atoms with E-state index in [1.807, 2.05) is 30.5 Å². The van der Waals surface area contributed by atoms with Crippen LogP contribution in [-0.4, -0.2) is 96.7 Å². The van der Waals surface area contributed by atoms with Gasteiger partial charge in [0, 0.05) is 93.0 Å². The number of likely N-dealkylation sites (N-methyl/N-ethyl adjacent to an activating group) is 1. The van der Waals surface area contributed by atoms with Crippen molar-refractivity contribution >= 4 is 40.0 Å². The zero-order valence-electron chi connectivity index (χ0n) is 21.5. The summed E-state index contributed by atoms with van der Waals surface area (Å²) < 4.78 is 0. The minimum Gasteiger partial charge on any atom is -0.384 e. The molecule has 2 aromatic heterocycles. The highest BCUT2D eigenvalue weighted by atomic mass is 35.5. The molecule has 0 aliphatic carbocycles. The molecule has 0 radical (unpaired) electrons. The van der Waals surface area contributed by atoms with Crippen molar-refractivity contribution < 1.29 is 0 Å². The lowest BCUT2D eigenvalue weighted by molar-refractivity contribution is 0.256. The minimum absolute atomic E-state index is 0.717. The topological polar surface area (TPSA) is 63.7 Å². The maximum Gasteiger partial charge on any atom is 0.227 e. The highest BCUT2D eigenvalue weighted by Gasteiger charge is 2.22. The number of anilines is 3. The molecule has 9 heteroatoms. The van der Waals surface area contributed by atoms with Crippen LogP contribution in [0.15, 0.2) is 36.5 Å². The Morgan fingerprint density at radius 2 is 1.64 bits per heavy atom. The van der Waals surface area contributed by atoms with E-state index >= 15 is 0 Å². The fourth-order valence-corrected chi connectivity index (χ4v) is 5.27. The van der Waals surface area contributed by atoms with E-state index in [1.54, 1.807) is 0 Å². The second-order valence-corrected chi connectivity index (χ2v) is 10.2. The molecule has 2 fully saturated rings. The molecule has 0 saturated carbocycles. The summed E-state index contributed by atoms with van der Waals surface area (Å²) in [6.45, 7) is 15.7. The first-order valence-electron chi connectivity index (χ1n) is 13.2. The first kappa shape index (κ1) is 25.0. The van der Waals surface area contributed by atoms with E-state index in [1.165, 1.54) is 0 Å². The largest absolute Gasteiger partial charge is 0.384 e. The van der Waals surface area contributed by atoms with Gasteiger partial charge < -0.3 is 20.0 Å².